The van der Waals surface area contributed by atoms with Crippen LogP contribution in [0, 0.1) is 11.7 Å². The van der Waals surface area contributed by atoms with Crippen LogP contribution in [0.3, 0.4) is 0 Å². The first-order valence-electron chi connectivity index (χ1n) is 10.2. The number of phenolic OH excluding ortho intramolecular Hbond substituents is 1. The molecular weight excluding hydrogens is 395 g/mol. The van der Waals surface area contributed by atoms with Gasteiger partial charge in [0.1, 0.15) is 17.1 Å². The number of phenols is 1. The minimum Gasteiger partial charge on any atom is -0.508 e. The second-order valence-electron chi connectivity index (χ2n) is 8.21. The first-order valence-corrected chi connectivity index (χ1v) is 10.2. The Kier molecular flexibility index (Phi) is 4.41. The number of halogens is 1. The molecule has 3 N–H and O–H groups in total. The summed E-state index contributed by atoms with van der Waals surface area (Å²) in [6, 6.07) is 19.2. The molecule has 5 rings (SSSR count). The number of fused-ring (bicyclic) bond motifs is 2. The van der Waals surface area contributed by atoms with Crippen molar-refractivity contribution in [2.24, 2.45) is 5.92 Å². The molecule has 2 aliphatic heterocycles. The third-order valence-corrected chi connectivity index (χ3v) is 6.46. The third kappa shape index (κ3) is 2.86. The SMILES string of the molecule is C[C@H]1N[C@]2(C(=O)Nc3ccccc32)[C@@H](c2ccc(F)cc2)[C@@H]1C(=O)c1ccc(O)cc1. The van der Waals surface area contributed by atoms with Gasteiger partial charge in [0.25, 0.3) is 0 Å². The summed E-state index contributed by atoms with van der Waals surface area (Å²) >= 11 is 0. The van der Waals surface area contributed by atoms with E-state index < -0.39 is 17.4 Å². The van der Waals surface area contributed by atoms with Crippen molar-refractivity contribution in [2.75, 3.05) is 5.32 Å². The molecule has 1 amide bonds. The monoisotopic (exact) mass is 416 g/mol. The molecule has 156 valence electrons. The lowest BCUT2D eigenvalue weighted by atomic mass is 9.70. The molecule has 0 saturated carbocycles. The summed E-state index contributed by atoms with van der Waals surface area (Å²) in [5.74, 6) is -1.79. The number of anilines is 1. The molecule has 31 heavy (non-hydrogen) atoms. The zero-order valence-electron chi connectivity index (χ0n) is 16.8. The van der Waals surface area contributed by atoms with Gasteiger partial charge in [-0.3, -0.25) is 14.9 Å². The highest BCUT2D eigenvalue weighted by Gasteiger charge is 2.62. The summed E-state index contributed by atoms with van der Waals surface area (Å²) < 4.78 is 13.7. The number of para-hydroxylation sites is 1. The topological polar surface area (TPSA) is 78.4 Å². The smallest absolute Gasteiger partial charge is 0.250 e. The van der Waals surface area contributed by atoms with Crippen LogP contribution in [0.1, 0.15) is 34.3 Å². The normalized spacial score (nSPS) is 26.6. The number of rotatable bonds is 3. The van der Waals surface area contributed by atoms with Gasteiger partial charge in [-0.25, -0.2) is 4.39 Å². The fraction of sp³-hybridized carbons (Fsp3) is 0.200. The van der Waals surface area contributed by atoms with E-state index in [4.69, 9.17) is 0 Å². The molecule has 0 aromatic heterocycles. The largest absolute Gasteiger partial charge is 0.508 e. The molecule has 0 bridgehead atoms. The van der Waals surface area contributed by atoms with E-state index in [0.717, 1.165) is 5.56 Å². The fourth-order valence-electron chi connectivity index (χ4n) is 5.15. The van der Waals surface area contributed by atoms with Gasteiger partial charge in [0.2, 0.25) is 5.91 Å². The predicted octanol–water partition coefficient (Wildman–Crippen LogP) is 3.95. The summed E-state index contributed by atoms with van der Waals surface area (Å²) in [6.07, 6.45) is 0. The van der Waals surface area contributed by atoms with Crippen molar-refractivity contribution >= 4 is 17.4 Å². The minimum atomic E-state index is -1.15. The Bertz CT molecular complexity index is 1180. The van der Waals surface area contributed by atoms with E-state index in [1.807, 2.05) is 31.2 Å². The van der Waals surface area contributed by atoms with Gasteiger partial charge in [-0.1, -0.05) is 30.3 Å². The predicted molar refractivity (Wildman–Crippen MR) is 114 cm³/mol. The third-order valence-electron chi connectivity index (χ3n) is 6.46. The maximum atomic E-state index is 13.7. The van der Waals surface area contributed by atoms with Crippen molar-refractivity contribution < 1.29 is 19.1 Å². The highest BCUT2D eigenvalue weighted by atomic mass is 19.1. The van der Waals surface area contributed by atoms with Crippen LogP contribution in [-0.2, 0) is 10.3 Å². The number of nitrogens with one attached hydrogen (secondary N) is 2. The van der Waals surface area contributed by atoms with Crippen LogP contribution in [0.4, 0.5) is 10.1 Å². The van der Waals surface area contributed by atoms with Crippen LogP contribution in [-0.4, -0.2) is 22.8 Å². The van der Waals surface area contributed by atoms with Gasteiger partial charge in [0.15, 0.2) is 5.78 Å². The Labute approximate surface area is 178 Å². The van der Waals surface area contributed by atoms with Crippen LogP contribution in [0.25, 0.3) is 0 Å². The van der Waals surface area contributed by atoms with Gasteiger partial charge in [0.05, 0.1) is 0 Å². The average Bonchev–Trinajstić information content (AvgIpc) is 3.23. The van der Waals surface area contributed by atoms with E-state index in [0.29, 0.717) is 16.8 Å². The molecule has 0 radical (unpaired) electrons. The quantitative estimate of drug-likeness (QED) is 0.565. The molecule has 3 aromatic carbocycles. The lowest BCUT2D eigenvalue weighted by Gasteiger charge is -2.32. The zero-order valence-corrected chi connectivity index (χ0v) is 16.8. The summed E-state index contributed by atoms with van der Waals surface area (Å²) in [5, 5.41) is 16.0. The van der Waals surface area contributed by atoms with Gasteiger partial charge in [0, 0.05) is 34.7 Å². The van der Waals surface area contributed by atoms with Gasteiger partial charge < -0.3 is 10.4 Å². The van der Waals surface area contributed by atoms with Crippen molar-refractivity contribution in [1.82, 2.24) is 5.32 Å². The summed E-state index contributed by atoms with van der Waals surface area (Å²) in [7, 11) is 0. The molecule has 4 atom stereocenters. The van der Waals surface area contributed by atoms with Crippen LogP contribution in [0.5, 0.6) is 5.75 Å². The number of hydrogen-bond acceptors (Lipinski definition) is 4. The van der Waals surface area contributed by atoms with Crippen molar-refractivity contribution in [2.45, 2.75) is 24.4 Å². The van der Waals surface area contributed by atoms with Crippen molar-refractivity contribution in [3.8, 4) is 5.75 Å². The number of aromatic hydroxyl groups is 1. The summed E-state index contributed by atoms with van der Waals surface area (Å²) in [4.78, 5) is 27.1. The average molecular weight is 416 g/mol. The number of carbonyl (C=O) groups excluding carboxylic acids is 2. The number of amides is 1. The molecule has 6 heteroatoms. The highest BCUT2D eigenvalue weighted by molar-refractivity contribution is 6.09. The molecule has 0 aliphatic carbocycles. The Hall–Kier alpha value is -3.51. The van der Waals surface area contributed by atoms with E-state index in [9.17, 15) is 19.1 Å². The van der Waals surface area contributed by atoms with E-state index in [1.165, 1.54) is 24.3 Å². The van der Waals surface area contributed by atoms with Crippen molar-refractivity contribution in [3.05, 3.63) is 95.3 Å². The maximum Gasteiger partial charge on any atom is 0.250 e. The Morgan fingerprint density at radius 1 is 1.00 bits per heavy atom. The lowest BCUT2D eigenvalue weighted by Crippen LogP contribution is -2.48. The molecule has 1 fully saturated rings. The number of ketones is 1. The molecule has 0 unspecified atom stereocenters. The number of benzene rings is 3. The first kappa shape index (κ1) is 19.5. The maximum absolute atomic E-state index is 13.7. The Balaban J connectivity index is 1.70. The number of hydrogen-bond donors (Lipinski definition) is 3. The van der Waals surface area contributed by atoms with Crippen LogP contribution >= 0.6 is 0 Å². The van der Waals surface area contributed by atoms with Crippen LogP contribution in [0.15, 0.2) is 72.8 Å². The lowest BCUT2D eigenvalue weighted by molar-refractivity contribution is -0.122. The molecule has 3 aromatic rings. The van der Waals surface area contributed by atoms with E-state index in [-0.39, 0.29) is 29.3 Å². The number of carbonyl (C=O) groups is 2. The van der Waals surface area contributed by atoms with Crippen molar-refractivity contribution in [3.63, 3.8) is 0 Å². The molecular formula is C25H21FN2O3. The summed E-state index contributed by atoms with van der Waals surface area (Å²) in [5.41, 5.74) is 1.50. The summed E-state index contributed by atoms with van der Waals surface area (Å²) in [6.45, 7) is 1.89. The van der Waals surface area contributed by atoms with Gasteiger partial charge in [-0.05, 0) is 55.0 Å². The van der Waals surface area contributed by atoms with Gasteiger partial charge in [-0.2, -0.15) is 0 Å². The molecule has 1 saturated heterocycles. The van der Waals surface area contributed by atoms with E-state index in [2.05, 4.69) is 10.6 Å². The fourth-order valence-corrected chi connectivity index (χ4v) is 5.15. The first-order chi connectivity index (χ1) is 14.9. The Morgan fingerprint density at radius 2 is 1.68 bits per heavy atom. The van der Waals surface area contributed by atoms with Crippen LogP contribution in [0.2, 0.25) is 0 Å². The highest BCUT2D eigenvalue weighted by Crippen LogP contribution is 2.54. The molecule has 2 heterocycles. The van der Waals surface area contributed by atoms with Crippen LogP contribution < -0.4 is 10.6 Å². The number of Topliss-reactive ketones (excluding diaryl/α,β-unsaturated/α-hetero) is 1. The van der Waals surface area contributed by atoms with E-state index in [1.54, 1.807) is 24.3 Å². The van der Waals surface area contributed by atoms with Gasteiger partial charge >= 0.3 is 0 Å². The van der Waals surface area contributed by atoms with E-state index >= 15 is 0 Å². The standard InChI is InChI=1S/C25H21FN2O3/c1-14-21(23(30)16-8-12-18(29)13-9-16)22(15-6-10-17(26)11-7-15)25(28-14)19-4-2-3-5-20(19)27-24(25)31/h2-14,21-22,28-29H,1H3,(H,27,31)/t14-,21-,22+,25+/m1/s1. The minimum absolute atomic E-state index is 0.0739. The van der Waals surface area contributed by atoms with Gasteiger partial charge in [-0.15, -0.1) is 0 Å². The van der Waals surface area contributed by atoms with Crippen molar-refractivity contribution in [1.29, 1.82) is 0 Å². The second kappa shape index (κ2) is 7.03. The zero-order chi connectivity index (χ0) is 21.8. The second-order valence-corrected chi connectivity index (χ2v) is 8.21. The Morgan fingerprint density at radius 3 is 2.39 bits per heavy atom. The molecule has 2 aliphatic rings. The molecule has 1 spiro atoms. The molecule has 5 nitrogen and oxygen atoms in total.